The fraction of sp³-hybridized carbons (Fsp3) is 1.00. The van der Waals surface area contributed by atoms with E-state index in [-0.39, 0.29) is 0 Å². The summed E-state index contributed by atoms with van der Waals surface area (Å²) in [6.45, 7) is 5.75. The van der Waals surface area contributed by atoms with Crippen molar-refractivity contribution in [2.24, 2.45) is 11.3 Å². The number of hydrogen-bond donors (Lipinski definition) is 1. The second-order valence-corrected chi connectivity index (χ2v) is 6.47. The fourth-order valence-corrected chi connectivity index (χ4v) is 3.49. The van der Waals surface area contributed by atoms with Crippen molar-refractivity contribution >= 4 is 0 Å². The smallest absolute Gasteiger partial charge is 0.0700 e. The van der Waals surface area contributed by atoms with Gasteiger partial charge in [0.15, 0.2) is 0 Å². The molecule has 1 N–H and O–H groups in total. The van der Waals surface area contributed by atoms with Crippen LogP contribution in [0.3, 0.4) is 0 Å². The minimum Gasteiger partial charge on any atom is -0.382 e. The molecule has 0 heterocycles. The van der Waals surface area contributed by atoms with E-state index in [0.717, 1.165) is 25.7 Å². The Morgan fingerprint density at radius 2 is 1.90 bits per heavy atom. The van der Waals surface area contributed by atoms with Gasteiger partial charge in [0.2, 0.25) is 0 Å². The van der Waals surface area contributed by atoms with Gasteiger partial charge in [0.05, 0.1) is 13.2 Å². The van der Waals surface area contributed by atoms with Crippen LogP contribution in [0.1, 0.15) is 58.3 Å². The Labute approximate surface area is 125 Å². The first-order valence-electron chi connectivity index (χ1n) is 8.47. The maximum absolute atomic E-state index is 5.69. The second kappa shape index (κ2) is 10.6. The molecule has 0 saturated heterocycles. The van der Waals surface area contributed by atoms with Crippen molar-refractivity contribution < 1.29 is 9.47 Å². The topological polar surface area (TPSA) is 30.5 Å². The number of nitrogens with one attached hydrogen (secondary N) is 1. The standard InChI is InChI=1S/C17H35NO2/c1-4-5-6-16-7-9-17(10-8-16,15-18-2)11-12-20-14-13-19-3/h16,18H,4-15H2,1-3H3. The highest BCUT2D eigenvalue weighted by Crippen LogP contribution is 2.42. The lowest BCUT2D eigenvalue weighted by atomic mass is 9.68. The highest BCUT2D eigenvalue weighted by atomic mass is 16.5. The van der Waals surface area contributed by atoms with Crippen LogP contribution in [0.25, 0.3) is 0 Å². The SMILES string of the molecule is CCCCC1CCC(CCOCCOC)(CNC)CC1. The van der Waals surface area contributed by atoms with E-state index in [2.05, 4.69) is 19.3 Å². The fourth-order valence-electron chi connectivity index (χ4n) is 3.49. The molecule has 1 saturated carbocycles. The van der Waals surface area contributed by atoms with E-state index in [0.29, 0.717) is 12.0 Å². The Kier molecular flexibility index (Phi) is 9.49. The van der Waals surface area contributed by atoms with Crippen molar-refractivity contribution in [2.45, 2.75) is 58.3 Å². The number of ether oxygens (including phenoxy) is 2. The molecule has 0 aromatic rings. The van der Waals surface area contributed by atoms with Crippen molar-refractivity contribution in [3.8, 4) is 0 Å². The van der Waals surface area contributed by atoms with Gasteiger partial charge in [0, 0.05) is 20.3 Å². The van der Waals surface area contributed by atoms with Gasteiger partial charge in [-0.1, -0.05) is 26.2 Å². The van der Waals surface area contributed by atoms with Gasteiger partial charge >= 0.3 is 0 Å². The lowest BCUT2D eigenvalue weighted by Gasteiger charge is -2.40. The summed E-state index contributed by atoms with van der Waals surface area (Å²) in [5, 5.41) is 3.41. The van der Waals surface area contributed by atoms with E-state index in [1.807, 2.05) is 0 Å². The summed E-state index contributed by atoms with van der Waals surface area (Å²) in [6, 6.07) is 0. The molecule has 20 heavy (non-hydrogen) atoms. The average molecular weight is 285 g/mol. The highest BCUT2D eigenvalue weighted by Gasteiger charge is 2.34. The maximum Gasteiger partial charge on any atom is 0.0700 e. The molecule has 0 atom stereocenters. The molecule has 1 fully saturated rings. The average Bonchev–Trinajstić information content (AvgIpc) is 2.47. The first kappa shape index (κ1) is 17.9. The van der Waals surface area contributed by atoms with Crippen molar-refractivity contribution in [1.82, 2.24) is 5.32 Å². The molecular formula is C17H35NO2. The van der Waals surface area contributed by atoms with Gasteiger partial charge in [0.25, 0.3) is 0 Å². The lowest BCUT2D eigenvalue weighted by molar-refractivity contribution is 0.0361. The third kappa shape index (κ3) is 6.55. The van der Waals surface area contributed by atoms with Crippen LogP contribution in [-0.4, -0.2) is 40.5 Å². The van der Waals surface area contributed by atoms with E-state index in [1.54, 1.807) is 7.11 Å². The molecule has 1 aliphatic rings. The summed E-state index contributed by atoms with van der Waals surface area (Å²) in [4.78, 5) is 0. The third-order valence-electron chi connectivity index (χ3n) is 4.89. The quantitative estimate of drug-likeness (QED) is 0.588. The number of rotatable bonds is 11. The third-order valence-corrected chi connectivity index (χ3v) is 4.89. The Morgan fingerprint density at radius 3 is 2.50 bits per heavy atom. The first-order valence-corrected chi connectivity index (χ1v) is 8.47. The van der Waals surface area contributed by atoms with Crippen molar-refractivity contribution in [2.75, 3.05) is 40.5 Å². The Hall–Kier alpha value is -0.120. The molecule has 0 unspecified atom stereocenters. The van der Waals surface area contributed by atoms with Gasteiger partial charge in [-0.25, -0.2) is 0 Å². The molecule has 0 spiro atoms. The summed E-state index contributed by atoms with van der Waals surface area (Å²) >= 11 is 0. The molecule has 1 aliphatic carbocycles. The normalized spacial score (nSPS) is 26.9. The number of methoxy groups -OCH3 is 1. The van der Waals surface area contributed by atoms with Gasteiger partial charge in [-0.15, -0.1) is 0 Å². The molecule has 3 heteroatoms. The van der Waals surface area contributed by atoms with E-state index < -0.39 is 0 Å². The zero-order valence-corrected chi connectivity index (χ0v) is 13.9. The van der Waals surface area contributed by atoms with E-state index in [4.69, 9.17) is 9.47 Å². The van der Waals surface area contributed by atoms with Crippen LogP contribution in [0.15, 0.2) is 0 Å². The first-order chi connectivity index (χ1) is 9.76. The Morgan fingerprint density at radius 1 is 1.15 bits per heavy atom. The monoisotopic (exact) mass is 285 g/mol. The minimum absolute atomic E-state index is 0.477. The van der Waals surface area contributed by atoms with Crippen LogP contribution >= 0.6 is 0 Å². The van der Waals surface area contributed by atoms with Gasteiger partial charge in [-0.2, -0.15) is 0 Å². The molecule has 0 aliphatic heterocycles. The zero-order valence-electron chi connectivity index (χ0n) is 13.9. The predicted molar refractivity (Wildman–Crippen MR) is 85.2 cm³/mol. The highest BCUT2D eigenvalue weighted by molar-refractivity contribution is 4.87. The van der Waals surface area contributed by atoms with Crippen LogP contribution < -0.4 is 5.32 Å². The molecule has 0 bridgehead atoms. The van der Waals surface area contributed by atoms with Gasteiger partial charge in [0.1, 0.15) is 0 Å². The number of unbranched alkanes of at least 4 members (excludes halogenated alkanes) is 1. The van der Waals surface area contributed by atoms with Crippen molar-refractivity contribution in [1.29, 1.82) is 0 Å². The lowest BCUT2D eigenvalue weighted by Crippen LogP contribution is -2.37. The molecule has 3 nitrogen and oxygen atoms in total. The van der Waals surface area contributed by atoms with Crippen LogP contribution in [0.2, 0.25) is 0 Å². The molecule has 0 aromatic heterocycles. The zero-order chi connectivity index (χ0) is 14.7. The molecule has 0 amide bonds. The summed E-state index contributed by atoms with van der Waals surface area (Å²) in [5.74, 6) is 0.981. The predicted octanol–water partition coefficient (Wildman–Crippen LogP) is 3.63. The van der Waals surface area contributed by atoms with Gasteiger partial charge in [-0.05, 0) is 50.5 Å². The molecule has 120 valence electrons. The summed E-state index contributed by atoms with van der Waals surface area (Å²) in [6.07, 6.45) is 11.0. The second-order valence-electron chi connectivity index (χ2n) is 6.47. The van der Waals surface area contributed by atoms with Gasteiger partial charge < -0.3 is 14.8 Å². The van der Waals surface area contributed by atoms with Crippen LogP contribution in [0, 0.1) is 11.3 Å². The molecule has 0 aromatic carbocycles. The van der Waals surface area contributed by atoms with E-state index in [1.165, 1.54) is 51.4 Å². The summed E-state index contributed by atoms with van der Waals surface area (Å²) < 4.78 is 10.7. The molecule has 1 rings (SSSR count). The van der Waals surface area contributed by atoms with Crippen LogP contribution in [-0.2, 0) is 9.47 Å². The molecular weight excluding hydrogens is 250 g/mol. The van der Waals surface area contributed by atoms with Gasteiger partial charge in [-0.3, -0.25) is 0 Å². The van der Waals surface area contributed by atoms with Crippen LogP contribution in [0.5, 0.6) is 0 Å². The van der Waals surface area contributed by atoms with E-state index in [9.17, 15) is 0 Å². The van der Waals surface area contributed by atoms with Crippen molar-refractivity contribution in [3.05, 3.63) is 0 Å². The Bertz CT molecular complexity index is 220. The minimum atomic E-state index is 0.477. The number of hydrogen-bond acceptors (Lipinski definition) is 3. The van der Waals surface area contributed by atoms with E-state index >= 15 is 0 Å². The molecule has 0 radical (unpaired) electrons. The van der Waals surface area contributed by atoms with Crippen molar-refractivity contribution in [3.63, 3.8) is 0 Å². The largest absolute Gasteiger partial charge is 0.382 e. The van der Waals surface area contributed by atoms with Crippen LogP contribution in [0.4, 0.5) is 0 Å². The summed E-state index contributed by atoms with van der Waals surface area (Å²) in [5.41, 5.74) is 0.477. The Balaban J connectivity index is 2.29. The summed E-state index contributed by atoms with van der Waals surface area (Å²) in [7, 11) is 3.81. The maximum atomic E-state index is 5.69.